The summed E-state index contributed by atoms with van der Waals surface area (Å²) in [6.45, 7) is 3.07. The molecule has 2 atom stereocenters. The molecule has 142 valence electrons. The summed E-state index contributed by atoms with van der Waals surface area (Å²) < 4.78 is 17.2. The molecule has 4 rings (SSSR count). The number of carbonyl (C=O) groups is 1. The van der Waals surface area contributed by atoms with E-state index >= 15 is 0 Å². The van der Waals surface area contributed by atoms with Crippen LogP contribution in [0.2, 0.25) is 0 Å². The number of anilines is 1. The van der Waals surface area contributed by atoms with Crippen LogP contribution in [-0.4, -0.2) is 38.7 Å². The van der Waals surface area contributed by atoms with E-state index in [4.69, 9.17) is 19.9 Å². The smallest absolute Gasteiger partial charge is 0.196 e. The maximum atomic E-state index is 13.1. The van der Waals surface area contributed by atoms with Crippen molar-refractivity contribution < 1.29 is 19.0 Å². The molecule has 0 amide bonds. The Morgan fingerprint density at radius 2 is 1.89 bits per heavy atom. The third-order valence-electron chi connectivity index (χ3n) is 5.46. The van der Waals surface area contributed by atoms with Gasteiger partial charge >= 0.3 is 0 Å². The van der Waals surface area contributed by atoms with Gasteiger partial charge in [0.2, 0.25) is 0 Å². The zero-order chi connectivity index (χ0) is 19.1. The number of methoxy groups -OCH3 is 2. The normalized spacial score (nSPS) is 18.8. The quantitative estimate of drug-likeness (QED) is 0.674. The zero-order valence-electron chi connectivity index (χ0n) is 15.8. The lowest BCUT2D eigenvalue weighted by Gasteiger charge is -2.23. The number of hydrogen-bond acceptors (Lipinski definition) is 6. The summed E-state index contributed by atoms with van der Waals surface area (Å²) in [5, 5.41) is 3.47. The van der Waals surface area contributed by atoms with Crippen molar-refractivity contribution in [2.75, 3.05) is 26.5 Å². The van der Waals surface area contributed by atoms with Crippen molar-refractivity contribution >= 4 is 11.5 Å². The maximum Gasteiger partial charge on any atom is 0.196 e. The summed E-state index contributed by atoms with van der Waals surface area (Å²) in [5.41, 5.74) is 8.98. The van der Waals surface area contributed by atoms with Gasteiger partial charge < -0.3 is 25.3 Å². The summed E-state index contributed by atoms with van der Waals surface area (Å²) in [6.07, 6.45) is 2.22. The number of hydrogen-bond donors (Lipinski definition) is 2. The number of nitrogens with one attached hydrogen (secondary N) is 1. The van der Waals surface area contributed by atoms with Gasteiger partial charge in [-0.05, 0) is 32.4 Å². The van der Waals surface area contributed by atoms with Crippen molar-refractivity contribution in [3.63, 3.8) is 0 Å². The van der Waals surface area contributed by atoms with Crippen molar-refractivity contribution in [2.45, 2.75) is 31.9 Å². The van der Waals surface area contributed by atoms with E-state index in [1.807, 2.05) is 12.1 Å². The Hall–Kier alpha value is -2.73. The number of benzene rings is 2. The zero-order valence-corrected chi connectivity index (χ0v) is 15.8. The first-order valence-corrected chi connectivity index (χ1v) is 9.19. The molecule has 0 bridgehead atoms. The van der Waals surface area contributed by atoms with E-state index in [1.54, 1.807) is 19.2 Å². The molecule has 0 aromatic heterocycles. The lowest BCUT2D eigenvalue weighted by atomic mass is 10.0. The van der Waals surface area contributed by atoms with E-state index in [1.165, 1.54) is 7.11 Å². The van der Waals surface area contributed by atoms with Gasteiger partial charge in [-0.25, -0.2) is 0 Å². The molecule has 2 aromatic carbocycles. The van der Waals surface area contributed by atoms with Gasteiger partial charge in [0.1, 0.15) is 23.4 Å². The molecule has 0 spiro atoms. The fourth-order valence-corrected chi connectivity index (χ4v) is 4.07. The third kappa shape index (κ3) is 2.72. The molecular weight excluding hydrogens is 344 g/mol. The van der Waals surface area contributed by atoms with Crippen LogP contribution < -0.4 is 25.3 Å². The Kier molecular flexibility index (Phi) is 4.44. The van der Waals surface area contributed by atoms with E-state index in [0.29, 0.717) is 45.7 Å². The van der Waals surface area contributed by atoms with Crippen LogP contribution in [0.15, 0.2) is 24.3 Å². The van der Waals surface area contributed by atoms with Gasteiger partial charge in [-0.2, -0.15) is 0 Å². The van der Waals surface area contributed by atoms with Crippen molar-refractivity contribution in [1.82, 2.24) is 5.32 Å². The van der Waals surface area contributed by atoms with Crippen molar-refractivity contribution in [3.8, 4) is 28.4 Å². The second-order valence-corrected chi connectivity index (χ2v) is 6.98. The van der Waals surface area contributed by atoms with Crippen LogP contribution >= 0.6 is 0 Å². The predicted octanol–water partition coefficient (Wildman–Crippen LogP) is 3.02. The average molecular weight is 368 g/mol. The molecular formula is C21H24N2O4. The molecule has 2 aliphatic rings. The molecule has 1 aliphatic carbocycles. The molecule has 1 saturated heterocycles. The monoisotopic (exact) mass is 368 g/mol. The van der Waals surface area contributed by atoms with Crippen LogP contribution in [-0.2, 0) is 0 Å². The highest BCUT2D eigenvalue weighted by atomic mass is 16.5. The van der Waals surface area contributed by atoms with Crippen LogP contribution in [0.3, 0.4) is 0 Å². The Labute approximate surface area is 158 Å². The SMILES string of the molecule is COc1cc(OC)c2c(c1N)C(=O)c1cccc(OC(C)C3CCCN3)c1-2. The van der Waals surface area contributed by atoms with Crippen LogP contribution in [0, 0.1) is 0 Å². The molecule has 1 aliphatic heterocycles. The van der Waals surface area contributed by atoms with Crippen LogP contribution in [0.25, 0.3) is 11.1 Å². The number of carbonyl (C=O) groups excluding carboxylic acids is 1. The fourth-order valence-electron chi connectivity index (χ4n) is 4.07. The van der Waals surface area contributed by atoms with Gasteiger partial charge in [-0.3, -0.25) is 4.79 Å². The lowest BCUT2D eigenvalue weighted by Crippen LogP contribution is -2.36. The second-order valence-electron chi connectivity index (χ2n) is 6.98. The molecule has 2 aromatic rings. The standard InChI is InChI=1S/C21H24N2O4/c1-11(13-7-5-9-23-13)27-14-8-4-6-12-17(14)18-15(25-2)10-16(26-3)20(22)19(18)21(12)24/h4,6,8,10-11,13,23H,5,7,9,22H2,1-3H3. The molecule has 1 fully saturated rings. The van der Waals surface area contributed by atoms with E-state index in [2.05, 4.69) is 12.2 Å². The van der Waals surface area contributed by atoms with Crippen LogP contribution in [0.5, 0.6) is 17.2 Å². The minimum atomic E-state index is -0.133. The van der Waals surface area contributed by atoms with Gasteiger partial charge in [-0.15, -0.1) is 0 Å². The minimum absolute atomic E-state index is 0.0141. The summed E-state index contributed by atoms with van der Waals surface area (Å²) in [4.78, 5) is 13.1. The largest absolute Gasteiger partial charge is 0.496 e. The van der Waals surface area contributed by atoms with Gasteiger partial charge in [0.25, 0.3) is 0 Å². The number of rotatable bonds is 5. The highest BCUT2D eigenvalue weighted by Crippen LogP contribution is 2.51. The number of nitrogens with two attached hydrogens (primary N) is 1. The van der Waals surface area contributed by atoms with Gasteiger partial charge in [-0.1, -0.05) is 12.1 Å². The number of ether oxygens (including phenoxy) is 3. The molecule has 3 N–H and O–H groups in total. The highest BCUT2D eigenvalue weighted by molar-refractivity contribution is 6.26. The number of ketones is 1. The molecule has 0 radical (unpaired) electrons. The van der Waals surface area contributed by atoms with Gasteiger partial charge in [0.15, 0.2) is 5.78 Å². The summed E-state index contributed by atoms with van der Waals surface area (Å²) >= 11 is 0. The molecule has 6 nitrogen and oxygen atoms in total. The van der Waals surface area contributed by atoms with Crippen LogP contribution in [0.1, 0.15) is 35.7 Å². The Morgan fingerprint density at radius 1 is 1.11 bits per heavy atom. The molecule has 27 heavy (non-hydrogen) atoms. The van der Waals surface area contributed by atoms with Gasteiger partial charge in [0.05, 0.1) is 25.5 Å². The average Bonchev–Trinajstić information content (AvgIpc) is 3.31. The lowest BCUT2D eigenvalue weighted by molar-refractivity contribution is 0.104. The highest BCUT2D eigenvalue weighted by Gasteiger charge is 2.36. The van der Waals surface area contributed by atoms with Gasteiger partial charge in [0, 0.05) is 28.8 Å². The summed E-state index contributed by atoms with van der Waals surface area (Å²) in [5.74, 6) is 1.51. The predicted molar refractivity (Wildman–Crippen MR) is 104 cm³/mol. The van der Waals surface area contributed by atoms with Crippen molar-refractivity contribution in [3.05, 3.63) is 35.4 Å². The fraction of sp³-hybridized carbons (Fsp3) is 0.381. The Balaban J connectivity index is 1.85. The van der Waals surface area contributed by atoms with E-state index in [9.17, 15) is 4.79 Å². The topological polar surface area (TPSA) is 82.8 Å². The first-order valence-electron chi connectivity index (χ1n) is 9.19. The Bertz CT molecular complexity index is 904. The van der Waals surface area contributed by atoms with Crippen molar-refractivity contribution in [2.24, 2.45) is 0 Å². The minimum Gasteiger partial charge on any atom is -0.496 e. The maximum absolute atomic E-state index is 13.1. The van der Waals surface area contributed by atoms with E-state index in [-0.39, 0.29) is 11.9 Å². The number of nitrogen functional groups attached to an aromatic ring is 1. The van der Waals surface area contributed by atoms with E-state index < -0.39 is 0 Å². The summed E-state index contributed by atoms with van der Waals surface area (Å²) in [6, 6.07) is 7.56. The Morgan fingerprint density at radius 3 is 2.56 bits per heavy atom. The van der Waals surface area contributed by atoms with E-state index in [0.717, 1.165) is 24.9 Å². The summed E-state index contributed by atoms with van der Waals surface area (Å²) in [7, 11) is 3.09. The molecule has 2 unspecified atom stereocenters. The first-order chi connectivity index (χ1) is 13.1. The first kappa shape index (κ1) is 17.7. The molecule has 1 heterocycles. The third-order valence-corrected chi connectivity index (χ3v) is 5.46. The number of fused-ring (bicyclic) bond motifs is 3. The second kappa shape index (κ2) is 6.78. The molecule has 6 heteroatoms. The molecule has 0 saturated carbocycles. The van der Waals surface area contributed by atoms with Crippen molar-refractivity contribution in [1.29, 1.82) is 0 Å². The van der Waals surface area contributed by atoms with Crippen LogP contribution in [0.4, 0.5) is 5.69 Å².